The van der Waals surface area contributed by atoms with Crippen molar-refractivity contribution in [3.8, 4) is 0 Å². The summed E-state index contributed by atoms with van der Waals surface area (Å²) in [4.78, 5) is 0. The van der Waals surface area contributed by atoms with E-state index in [0.717, 1.165) is 6.07 Å². The molecule has 3 nitrogen and oxygen atoms in total. The fraction of sp³-hybridized carbons (Fsp3) is 0.500. The van der Waals surface area contributed by atoms with Gasteiger partial charge in [-0.3, -0.25) is 0 Å². The molecule has 0 amide bonds. The molecule has 17 heavy (non-hydrogen) atoms. The van der Waals surface area contributed by atoms with Crippen LogP contribution in [0.4, 0.5) is 8.78 Å². The highest BCUT2D eigenvalue weighted by atomic mass is 19.2. The van der Waals surface area contributed by atoms with Crippen molar-refractivity contribution < 1.29 is 18.6 Å². The zero-order valence-corrected chi connectivity index (χ0v) is 9.38. The summed E-state index contributed by atoms with van der Waals surface area (Å²) in [6, 6.07) is 4.06. The monoisotopic (exact) mass is 243 g/mol. The van der Waals surface area contributed by atoms with E-state index in [1.807, 2.05) is 0 Å². The third-order valence-electron chi connectivity index (χ3n) is 2.88. The summed E-state index contributed by atoms with van der Waals surface area (Å²) in [6.45, 7) is 1.31. The first-order chi connectivity index (χ1) is 8.11. The number of aliphatic hydroxyl groups is 1. The first-order valence-corrected chi connectivity index (χ1v) is 5.54. The highest BCUT2D eigenvalue weighted by Crippen LogP contribution is 2.17. The van der Waals surface area contributed by atoms with Crippen molar-refractivity contribution in [1.29, 1.82) is 0 Å². The molecule has 1 aromatic rings. The molecule has 0 radical (unpaired) electrons. The third kappa shape index (κ3) is 3.00. The van der Waals surface area contributed by atoms with Gasteiger partial charge in [0.05, 0.1) is 6.61 Å². The number of benzene rings is 1. The summed E-state index contributed by atoms with van der Waals surface area (Å²) in [5.41, 5.74) is -0.628. The van der Waals surface area contributed by atoms with Crippen molar-refractivity contribution in [2.24, 2.45) is 0 Å². The van der Waals surface area contributed by atoms with Crippen LogP contribution in [0.1, 0.15) is 12.0 Å². The van der Waals surface area contributed by atoms with Crippen LogP contribution in [0.2, 0.25) is 0 Å². The largest absolute Gasteiger partial charge is 0.386 e. The molecule has 0 spiro atoms. The van der Waals surface area contributed by atoms with E-state index < -0.39 is 17.2 Å². The lowest BCUT2D eigenvalue weighted by molar-refractivity contribution is 0.0268. The van der Waals surface area contributed by atoms with Crippen LogP contribution in [0, 0.1) is 11.6 Å². The molecule has 1 fully saturated rings. The van der Waals surface area contributed by atoms with Crippen LogP contribution in [-0.2, 0) is 11.3 Å². The Morgan fingerprint density at radius 1 is 1.41 bits per heavy atom. The lowest BCUT2D eigenvalue weighted by Crippen LogP contribution is -2.40. The zero-order valence-electron chi connectivity index (χ0n) is 9.38. The Morgan fingerprint density at radius 3 is 2.94 bits per heavy atom. The number of ether oxygens (including phenoxy) is 1. The topological polar surface area (TPSA) is 41.5 Å². The smallest absolute Gasteiger partial charge is 0.163 e. The summed E-state index contributed by atoms with van der Waals surface area (Å²) < 4.78 is 31.3. The zero-order chi connectivity index (χ0) is 12.3. The SMILES string of the molecule is OC1(CNCc2cccc(F)c2F)CCOC1. The number of hydrogen-bond acceptors (Lipinski definition) is 3. The first-order valence-electron chi connectivity index (χ1n) is 5.54. The Kier molecular flexibility index (Phi) is 3.71. The molecule has 0 bridgehead atoms. The Balaban J connectivity index is 1.88. The second-order valence-electron chi connectivity index (χ2n) is 4.34. The van der Waals surface area contributed by atoms with Gasteiger partial charge in [0.15, 0.2) is 11.6 Å². The van der Waals surface area contributed by atoms with E-state index in [1.165, 1.54) is 12.1 Å². The number of halogens is 2. The van der Waals surface area contributed by atoms with Gasteiger partial charge < -0.3 is 15.2 Å². The standard InChI is InChI=1S/C12H15F2NO2/c13-10-3-1-2-9(11(10)14)6-15-7-12(16)4-5-17-8-12/h1-3,15-16H,4-8H2. The Bertz CT molecular complexity index is 392. The quantitative estimate of drug-likeness (QED) is 0.835. The first kappa shape index (κ1) is 12.4. The maximum absolute atomic E-state index is 13.3. The minimum Gasteiger partial charge on any atom is -0.386 e. The number of nitrogens with one attached hydrogen (secondary N) is 1. The molecule has 1 heterocycles. The van der Waals surface area contributed by atoms with Gasteiger partial charge in [-0.05, 0) is 6.07 Å². The molecule has 1 aliphatic rings. The van der Waals surface area contributed by atoms with Crippen LogP contribution in [-0.4, -0.2) is 30.5 Å². The van der Waals surface area contributed by atoms with Crippen molar-refractivity contribution >= 4 is 0 Å². The van der Waals surface area contributed by atoms with Gasteiger partial charge in [-0.1, -0.05) is 12.1 Å². The Hall–Kier alpha value is -1.04. The van der Waals surface area contributed by atoms with Gasteiger partial charge in [0, 0.05) is 31.7 Å². The third-order valence-corrected chi connectivity index (χ3v) is 2.88. The highest BCUT2D eigenvalue weighted by molar-refractivity contribution is 5.18. The van der Waals surface area contributed by atoms with Gasteiger partial charge in [0.1, 0.15) is 5.60 Å². The molecule has 1 saturated heterocycles. The maximum Gasteiger partial charge on any atom is 0.163 e. The van der Waals surface area contributed by atoms with Gasteiger partial charge in [0.25, 0.3) is 0 Å². The second kappa shape index (κ2) is 5.08. The van der Waals surface area contributed by atoms with Crippen molar-refractivity contribution in [2.45, 2.75) is 18.6 Å². The molecule has 2 N–H and O–H groups in total. The van der Waals surface area contributed by atoms with E-state index >= 15 is 0 Å². The van der Waals surface area contributed by atoms with E-state index in [1.54, 1.807) is 0 Å². The van der Waals surface area contributed by atoms with E-state index in [0.29, 0.717) is 19.6 Å². The predicted molar refractivity (Wildman–Crippen MR) is 58.5 cm³/mol. The second-order valence-corrected chi connectivity index (χ2v) is 4.34. The lowest BCUT2D eigenvalue weighted by atomic mass is 10.0. The molecule has 1 unspecified atom stereocenters. The van der Waals surface area contributed by atoms with Crippen molar-refractivity contribution in [2.75, 3.05) is 19.8 Å². The van der Waals surface area contributed by atoms with Crippen LogP contribution in [0.25, 0.3) is 0 Å². The van der Waals surface area contributed by atoms with Gasteiger partial charge in [0.2, 0.25) is 0 Å². The minimum absolute atomic E-state index is 0.186. The predicted octanol–water partition coefficient (Wildman–Crippen LogP) is 1.21. The van der Waals surface area contributed by atoms with Crippen LogP contribution in [0.3, 0.4) is 0 Å². The van der Waals surface area contributed by atoms with Crippen LogP contribution in [0.15, 0.2) is 18.2 Å². The molecule has 0 aromatic heterocycles. The van der Waals surface area contributed by atoms with Gasteiger partial charge >= 0.3 is 0 Å². The molecule has 1 aromatic carbocycles. The summed E-state index contributed by atoms with van der Waals surface area (Å²) in [5, 5.41) is 12.9. The Labute approximate surface area is 98.4 Å². The maximum atomic E-state index is 13.3. The summed E-state index contributed by atoms with van der Waals surface area (Å²) in [6.07, 6.45) is 0.561. The molecule has 0 saturated carbocycles. The fourth-order valence-electron chi connectivity index (χ4n) is 1.85. The van der Waals surface area contributed by atoms with Gasteiger partial charge in [-0.25, -0.2) is 8.78 Å². The molecule has 2 rings (SSSR count). The number of hydrogen-bond donors (Lipinski definition) is 2. The van der Waals surface area contributed by atoms with Gasteiger partial charge in [-0.2, -0.15) is 0 Å². The van der Waals surface area contributed by atoms with E-state index in [2.05, 4.69) is 5.32 Å². The molecule has 5 heteroatoms. The fourth-order valence-corrected chi connectivity index (χ4v) is 1.85. The lowest BCUT2D eigenvalue weighted by Gasteiger charge is -2.20. The van der Waals surface area contributed by atoms with Gasteiger partial charge in [-0.15, -0.1) is 0 Å². The van der Waals surface area contributed by atoms with Crippen molar-refractivity contribution in [3.05, 3.63) is 35.4 Å². The minimum atomic E-state index is -0.885. The Morgan fingerprint density at radius 2 is 2.24 bits per heavy atom. The van der Waals surface area contributed by atoms with Crippen LogP contribution < -0.4 is 5.32 Å². The molecule has 0 aliphatic carbocycles. The summed E-state index contributed by atoms with van der Waals surface area (Å²) >= 11 is 0. The molecule has 94 valence electrons. The normalized spacial score (nSPS) is 24.2. The van der Waals surface area contributed by atoms with Crippen molar-refractivity contribution in [1.82, 2.24) is 5.32 Å². The highest BCUT2D eigenvalue weighted by Gasteiger charge is 2.31. The molecular weight excluding hydrogens is 228 g/mol. The molecular formula is C12H15F2NO2. The van der Waals surface area contributed by atoms with Crippen LogP contribution in [0.5, 0.6) is 0 Å². The van der Waals surface area contributed by atoms with Crippen LogP contribution >= 0.6 is 0 Å². The van der Waals surface area contributed by atoms with E-state index in [-0.39, 0.29) is 18.7 Å². The summed E-state index contributed by atoms with van der Waals surface area (Å²) in [5.74, 6) is -1.69. The average Bonchev–Trinajstić information content (AvgIpc) is 2.72. The van der Waals surface area contributed by atoms with E-state index in [4.69, 9.17) is 4.74 Å². The summed E-state index contributed by atoms with van der Waals surface area (Å²) in [7, 11) is 0. The molecule has 1 atom stereocenters. The average molecular weight is 243 g/mol. The molecule has 1 aliphatic heterocycles. The van der Waals surface area contributed by atoms with Crippen molar-refractivity contribution in [3.63, 3.8) is 0 Å². The number of rotatable bonds is 4. The van der Waals surface area contributed by atoms with E-state index in [9.17, 15) is 13.9 Å².